The summed E-state index contributed by atoms with van der Waals surface area (Å²) in [7, 11) is 1.47. The van der Waals surface area contributed by atoms with Crippen LogP contribution in [0.3, 0.4) is 0 Å². The molecule has 0 unspecified atom stereocenters. The minimum absolute atomic E-state index is 0.0586. The molecule has 28 heavy (non-hydrogen) atoms. The molecule has 0 fully saturated rings. The van der Waals surface area contributed by atoms with Gasteiger partial charge in [-0.15, -0.1) is 0 Å². The number of carbonyl (C=O) groups is 1. The minimum atomic E-state index is -4.50. The first-order chi connectivity index (χ1) is 13.3. The number of halogens is 3. The van der Waals surface area contributed by atoms with Gasteiger partial charge in [0, 0.05) is 37.0 Å². The van der Waals surface area contributed by atoms with Gasteiger partial charge in [0.1, 0.15) is 17.2 Å². The molecule has 0 spiro atoms. The van der Waals surface area contributed by atoms with Crippen molar-refractivity contribution in [3.8, 4) is 17.1 Å². The molecular formula is C18H17F3N4O3. The first-order valence-electron chi connectivity index (χ1n) is 8.35. The number of hydrogen-bond donors (Lipinski definition) is 2. The van der Waals surface area contributed by atoms with Gasteiger partial charge in [0.15, 0.2) is 0 Å². The van der Waals surface area contributed by atoms with Gasteiger partial charge in [-0.2, -0.15) is 13.2 Å². The van der Waals surface area contributed by atoms with Crippen molar-refractivity contribution in [3.63, 3.8) is 0 Å². The molecule has 0 saturated heterocycles. The Balaban J connectivity index is 2.04. The number of ether oxygens (including phenoxy) is 1. The maximum atomic E-state index is 13.1. The van der Waals surface area contributed by atoms with E-state index in [1.54, 1.807) is 12.1 Å². The van der Waals surface area contributed by atoms with Crippen LogP contribution in [0.2, 0.25) is 0 Å². The van der Waals surface area contributed by atoms with Crippen LogP contribution in [0.4, 0.5) is 19.0 Å². The van der Waals surface area contributed by atoms with Gasteiger partial charge < -0.3 is 15.2 Å². The highest BCUT2D eigenvalue weighted by atomic mass is 19.4. The lowest BCUT2D eigenvalue weighted by atomic mass is 10.2. The number of imidazole rings is 1. The van der Waals surface area contributed by atoms with Crippen LogP contribution in [0, 0.1) is 0 Å². The highest BCUT2D eigenvalue weighted by molar-refractivity contribution is 5.76. The van der Waals surface area contributed by atoms with Gasteiger partial charge in [0.2, 0.25) is 5.88 Å². The van der Waals surface area contributed by atoms with E-state index in [4.69, 9.17) is 9.84 Å². The van der Waals surface area contributed by atoms with Crippen LogP contribution >= 0.6 is 0 Å². The maximum absolute atomic E-state index is 13.1. The van der Waals surface area contributed by atoms with Crippen molar-refractivity contribution in [2.45, 2.75) is 19.0 Å². The minimum Gasteiger partial charge on any atom is -0.481 e. The van der Waals surface area contributed by atoms with E-state index in [1.165, 1.54) is 23.8 Å². The van der Waals surface area contributed by atoms with Crippen LogP contribution in [0.15, 0.2) is 36.7 Å². The van der Waals surface area contributed by atoms with Crippen LogP contribution in [-0.4, -0.2) is 39.1 Å². The summed E-state index contributed by atoms with van der Waals surface area (Å²) in [5.41, 5.74) is 0.494. The Morgan fingerprint density at radius 2 is 2.07 bits per heavy atom. The molecule has 148 valence electrons. The summed E-state index contributed by atoms with van der Waals surface area (Å²) >= 11 is 0. The summed E-state index contributed by atoms with van der Waals surface area (Å²) in [6.45, 7) is 0.257. The standard InChI is InChI=1S/C18H17F3N4O3/c1-28-14-7-4-11(9-23-14)16-17(22-8-2-3-15(26)27)25-10-12(18(19,20)21)5-6-13(25)24-16/h4-7,9-10,22H,2-3,8H2,1H3,(H,26,27). The van der Waals surface area contributed by atoms with E-state index in [1.807, 2.05) is 0 Å². The number of carboxylic acid groups (broad SMARTS) is 1. The van der Waals surface area contributed by atoms with E-state index in [0.29, 0.717) is 35.0 Å². The van der Waals surface area contributed by atoms with Gasteiger partial charge in [-0.25, -0.2) is 9.97 Å². The summed E-state index contributed by atoms with van der Waals surface area (Å²) < 4.78 is 45.7. The second kappa shape index (κ2) is 7.75. The van der Waals surface area contributed by atoms with E-state index in [0.717, 1.165) is 12.3 Å². The number of carboxylic acids is 1. The zero-order valence-electron chi connectivity index (χ0n) is 14.8. The Labute approximate surface area is 157 Å². The van der Waals surface area contributed by atoms with E-state index in [9.17, 15) is 18.0 Å². The normalized spacial score (nSPS) is 11.6. The molecule has 3 heterocycles. The first kappa shape index (κ1) is 19.5. The lowest BCUT2D eigenvalue weighted by Crippen LogP contribution is -2.09. The van der Waals surface area contributed by atoms with Gasteiger partial charge in [-0.3, -0.25) is 9.20 Å². The second-order valence-corrected chi connectivity index (χ2v) is 5.97. The van der Waals surface area contributed by atoms with Crippen molar-refractivity contribution in [1.82, 2.24) is 14.4 Å². The van der Waals surface area contributed by atoms with Crippen LogP contribution in [0.25, 0.3) is 16.9 Å². The van der Waals surface area contributed by atoms with Crippen molar-refractivity contribution >= 4 is 17.4 Å². The predicted molar refractivity (Wildman–Crippen MR) is 95.3 cm³/mol. The van der Waals surface area contributed by atoms with Gasteiger partial charge in [0.25, 0.3) is 0 Å². The van der Waals surface area contributed by atoms with E-state index < -0.39 is 17.7 Å². The number of nitrogens with zero attached hydrogens (tertiary/aromatic N) is 3. The fourth-order valence-electron chi connectivity index (χ4n) is 2.67. The van der Waals surface area contributed by atoms with E-state index in [-0.39, 0.29) is 13.0 Å². The number of anilines is 1. The third-order valence-corrected chi connectivity index (χ3v) is 4.02. The van der Waals surface area contributed by atoms with Crippen LogP contribution < -0.4 is 10.1 Å². The topological polar surface area (TPSA) is 88.8 Å². The monoisotopic (exact) mass is 394 g/mol. The summed E-state index contributed by atoms with van der Waals surface area (Å²) in [4.78, 5) is 19.2. The van der Waals surface area contributed by atoms with Crippen molar-refractivity contribution < 1.29 is 27.8 Å². The Kier molecular flexibility index (Phi) is 5.39. The molecule has 0 aromatic carbocycles. The van der Waals surface area contributed by atoms with Gasteiger partial charge >= 0.3 is 12.1 Å². The molecule has 0 bridgehead atoms. The fraction of sp³-hybridized carbons (Fsp3) is 0.278. The summed E-state index contributed by atoms with van der Waals surface area (Å²) in [6.07, 6.45) is -1.78. The van der Waals surface area contributed by atoms with Crippen molar-refractivity contribution in [2.24, 2.45) is 0 Å². The summed E-state index contributed by atoms with van der Waals surface area (Å²) in [5, 5.41) is 11.8. The first-order valence-corrected chi connectivity index (χ1v) is 8.35. The summed E-state index contributed by atoms with van der Waals surface area (Å²) in [6, 6.07) is 5.56. The zero-order chi connectivity index (χ0) is 20.3. The molecule has 3 rings (SSSR count). The van der Waals surface area contributed by atoms with Crippen LogP contribution in [0.5, 0.6) is 5.88 Å². The highest BCUT2D eigenvalue weighted by Gasteiger charge is 2.31. The maximum Gasteiger partial charge on any atom is 0.417 e. The predicted octanol–water partition coefficient (Wildman–Crippen LogP) is 3.70. The highest BCUT2D eigenvalue weighted by Crippen LogP contribution is 2.33. The molecule has 0 atom stereocenters. The molecule has 0 amide bonds. The largest absolute Gasteiger partial charge is 0.481 e. The van der Waals surface area contributed by atoms with Gasteiger partial charge in [-0.1, -0.05) is 0 Å². The number of aromatic nitrogens is 3. The van der Waals surface area contributed by atoms with Crippen LogP contribution in [-0.2, 0) is 11.0 Å². The van der Waals surface area contributed by atoms with Crippen LogP contribution in [0.1, 0.15) is 18.4 Å². The number of rotatable bonds is 7. The number of fused-ring (bicyclic) bond motifs is 1. The van der Waals surface area contributed by atoms with E-state index in [2.05, 4.69) is 15.3 Å². The molecule has 10 heteroatoms. The van der Waals surface area contributed by atoms with Crippen molar-refractivity contribution in [2.75, 3.05) is 19.0 Å². The Morgan fingerprint density at radius 3 is 2.68 bits per heavy atom. The Hall–Kier alpha value is -3.30. The third kappa shape index (κ3) is 4.16. The molecular weight excluding hydrogens is 377 g/mol. The number of alkyl halides is 3. The van der Waals surface area contributed by atoms with Crippen molar-refractivity contribution in [3.05, 3.63) is 42.2 Å². The lowest BCUT2D eigenvalue weighted by molar-refractivity contribution is -0.138. The smallest absolute Gasteiger partial charge is 0.417 e. The molecule has 0 radical (unpaired) electrons. The molecule has 2 N–H and O–H groups in total. The van der Waals surface area contributed by atoms with E-state index >= 15 is 0 Å². The molecule has 0 saturated carbocycles. The Morgan fingerprint density at radius 1 is 1.29 bits per heavy atom. The number of pyridine rings is 2. The third-order valence-electron chi connectivity index (χ3n) is 4.02. The number of nitrogens with one attached hydrogen (secondary N) is 1. The fourth-order valence-corrected chi connectivity index (χ4v) is 2.67. The van der Waals surface area contributed by atoms with Gasteiger partial charge in [-0.05, 0) is 24.6 Å². The molecule has 0 aliphatic carbocycles. The SMILES string of the molecule is COc1ccc(-c2nc3ccc(C(F)(F)F)cn3c2NCCCC(=O)O)cn1. The molecule has 3 aromatic rings. The average Bonchev–Trinajstić information content (AvgIpc) is 3.02. The Bertz CT molecular complexity index is 984. The number of aliphatic carboxylic acids is 1. The molecule has 7 nitrogen and oxygen atoms in total. The average molecular weight is 394 g/mol. The zero-order valence-corrected chi connectivity index (χ0v) is 14.8. The summed E-state index contributed by atoms with van der Waals surface area (Å²) in [5.74, 6) is -0.222. The quantitative estimate of drug-likeness (QED) is 0.594. The van der Waals surface area contributed by atoms with Crippen molar-refractivity contribution in [1.29, 1.82) is 0 Å². The molecule has 3 aromatic heterocycles. The molecule has 0 aliphatic heterocycles. The number of hydrogen-bond acceptors (Lipinski definition) is 5. The number of methoxy groups -OCH3 is 1. The van der Waals surface area contributed by atoms with Gasteiger partial charge in [0.05, 0.1) is 12.7 Å². The second-order valence-electron chi connectivity index (χ2n) is 5.97. The molecule has 0 aliphatic rings. The lowest BCUT2D eigenvalue weighted by Gasteiger charge is -2.11.